The molecule has 0 aromatic carbocycles. The van der Waals surface area contributed by atoms with Crippen molar-refractivity contribution >= 4 is 40.2 Å². The molecule has 1 aromatic rings. The van der Waals surface area contributed by atoms with Gasteiger partial charge in [0.2, 0.25) is 5.91 Å². The van der Waals surface area contributed by atoms with Crippen LogP contribution in [0.2, 0.25) is 0 Å². The molecule has 10 nitrogen and oxygen atoms in total. The zero-order chi connectivity index (χ0) is 24.3. The number of hydrogen-bond donors (Lipinski definition) is 1. The second kappa shape index (κ2) is 13.8. The Balaban J connectivity index is 3.08. The Hall–Kier alpha value is -2.50. The summed E-state index contributed by atoms with van der Waals surface area (Å²) in [7, 11) is 1.49. The molecular formula is C21H32N2O8S. The lowest BCUT2D eigenvalue weighted by Crippen LogP contribution is -2.41. The van der Waals surface area contributed by atoms with Gasteiger partial charge in [0.1, 0.15) is 16.5 Å². The molecule has 0 saturated heterocycles. The summed E-state index contributed by atoms with van der Waals surface area (Å²) in [6.07, 6.45) is 0. The van der Waals surface area contributed by atoms with E-state index in [2.05, 4.69) is 5.32 Å². The van der Waals surface area contributed by atoms with Crippen molar-refractivity contribution in [2.75, 3.05) is 51.9 Å². The van der Waals surface area contributed by atoms with E-state index in [0.29, 0.717) is 5.56 Å². The Kier molecular flexibility index (Phi) is 11.9. The Morgan fingerprint density at radius 1 is 0.969 bits per heavy atom. The van der Waals surface area contributed by atoms with Gasteiger partial charge in [0, 0.05) is 13.2 Å². The summed E-state index contributed by atoms with van der Waals surface area (Å²) < 4.78 is 20.1. The summed E-state index contributed by atoms with van der Waals surface area (Å²) >= 11 is 0.934. The maximum atomic E-state index is 12.7. The number of nitrogens with one attached hydrogen (secondary N) is 1. The quantitative estimate of drug-likeness (QED) is 0.262. The Labute approximate surface area is 192 Å². The fourth-order valence-electron chi connectivity index (χ4n) is 2.67. The van der Waals surface area contributed by atoms with E-state index < -0.39 is 23.8 Å². The van der Waals surface area contributed by atoms with Crippen LogP contribution in [0.3, 0.4) is 0 Å². The van der Waals surface area contributed by atoms with Crippen LogP contribution in [-0.4, -0.2) is 81.4 Å². The van der Waals surface area contributed by atoms with Crippen LogP contribution in [0.1, 0.15) is 53.3 Å². The monoisotopic (exact) mass is 472 g/mol. The van der Waals surface area contributed by atoms with Crippen molar-refractivity contribution in [2.45, 2.75) is 40.7 Å². The molecule has 0 saturated carbocycles. The predicted octanol–water partition coefficient (Wildman–Crippen LogP) is 2.25. The number of anilines is 1. The van der Waals surface area contributed by atoms with Crippen LogP contribution in [-0.2, 0) is 28.5 Å². The van der Waals surface area contributed by atoms with Crippen molar-refractivity contribution in [1.29, 1.82) is 0 Å². The largest absolute Gasteiger partial charge is 0.465 e. The molecular weight excluding hydrogens is 440 g/mol. The molecule has 0 aliphatic carbocycles. The van der Waals surface area contributed by atoms with Gasteiger partial charge < -0.3 is 24.3 Å². The van der Waals surface area contributed by atoms with E-state index in [-0.39, 0.29) is 61.0 Å². The minimum absolute atomic E-state index is 0.0514. The third-order valence-corrected chi connectivity index (χ3v) is 5.49. The molecule has 32 heavy (non-hydrogen) atoms. The zero-order valence-electron chi connectivity index (χ0n) is 19.4. The minimum atomic E-state index is -0.653. The number of esters is 3. The summed E-state index contributed by atoms with van der Waals surface area (Å²) in [5.74, 6) is -2.16. The molecule has 1 rings (SSSR count). The number of nitrogens with zero attached hydrogens (tertiary/aromatic N) is 1. The first-order valence-corrected chi connectivity index (χ1v) is 11.1. The van der Waals surface area contributed by atoms with Crippen molar-refractivity contribution in [3.05, 3.63) is 16.0 Å². The maximum Gasteiger partial charge on any atom is 0.348 e. The van der Waals surface area contributed by atoms with Gasteiger partial charge in [0.25, 0.3) is 0 Å². The second-order valence-corrected chi connectivity index (χ2v) is 7.98. The number of carbonyl (C=O) groups excluding carboxylic acids is 4. The van der Waals surface area contributed by atoms with Crippen molar-refractivity contribution in [1.82, 2.24) is 4.90 Å². The predicted molar refractivity (Wildman–Crippen MR) is 119 cm³/mol. The Morgan fingerprint density at radius 2 is 1.62 bits per heavy atom. The highest BCUT2D eigenvalue weighted by atomic mass is 32.1. The number of thiophene rings is 1. The standard InChI is InChI=1S/C21H32N2O8S/c1-7-29-16(25)12-23(13(3)4)11-15(24)22-19-17(20(26)30-8-2)14(5)18(32-19)21(27)31-10-9-28-6/h13H,7-12H2,1-6H3,(H,22,24). The zero-order valence-corrected chi connectivity index (χ0v) is 20.3. The van der Waals surface area contributed by atoms with Gasteiger partial charge in [-0.05, 0) is 40.2 Å². The number of carbonyl (C=O) groups is 4. The molecule has 0 aliphatic heterocycles. The van der Waals surface area contributed by atoms with Crippen LogP contribution in [0.15, 0.2) is 0 Å². The molecule has 1 N–H and O–H groups in total. The SMILES string of the molecule is CCOC(=O)CN(CC(=O)Nc1sc(C(=O)OCCOC)c(C)c1C(=O)OCC)C(C)C. The van der Waals surface area contributed by atoms with E-state index in [1.807, 2.05) is 13.8 Å². The van der Waals surface area contributed by atoms with Crippen LogP contribution in [0.4, 0.5) is 5.00 Å². The lowest BCUT2D eigenvalue weighted by atomic mass is 10.1. The molecule has 1 amide bonds. The van der Waals surface area contributed by atoms with Gasteiger partial charge in [-0.3, -0.25) is 14.5 Å². The highest BCUT2D eigenvalue weighted by Gasteiger charge is 2.28. The van der Waals surface area contributed by atoms with E-state index in [1.165, 1.54) is 7.11 Å². The van der Waals surface area contributed by atoms with E-state index in [9.17, 15) is 19.2 Å². The highest BCUT2D eigenvalue weighted by Crippen LogP contribution is 2.34. The van der Waals surface area contributed by atoms with E-state index in [1.54, 1.807) is 25.7 Å². The number of amides is 1. The van der Waals surface area contributed by atoms with Crippen LogP contribution in [0.5, 0.6) is 0 Å². The van der Waals surface area contributed by atoms with E-state index >= 15 is 0 Å². The topological polar surface area (TPSA) is 120 Å². The van der Waals surface area contributed by atoms with Crippen molar-refractivity contribution < 1.29 is 38.1 Å². The number of hydrogen-bond acceptors (Lipinski definition) is 10. The van der Waals surface area contributed by atoms with Gasteiger partial charge in [0.15, 0.2) is 0 Å². The molecule has 0 unspecified atom stereocenters. The molecule has 0 spiro atoms. The fraction of sp³-hybridized carbons (Fsp3) is 0.619. The highest BCUT2D eigenvalue weighted by molar-refractivity contribution is 7.18. The smallest absolute Gasteiger partial charge is 0.348 e. The van der Waals surface area contributed by atoms with Crippen LogP contribution in [0, 0.1) is 6.92 Å². The molecule has 1 aromatic heterocycles. The van der Waals surface area contributed by atoms with Gasteiger partial charge in [-0.1, -0.05) is 0 Å². The van der Waals surface area contributed by atoms with Crippen molar-refractivity contribution in [2.24, 2.45) is 0 Å². The first kappa shape index (κ1) is 27.5. The average molecular weight is 473 g/mol. The van der Waals surface area contributed by atoms with Gasteiger partial charge in [-0.25, -0.2) is 9.59 Å². The lowest BCUT2D eigenvalue weighted by molar-refractivity contribution is -0.145. The number of methoxy groups -OCH3 is 1. The van der Waals surface area contributed by atoms with Crippen LogP contribution < -0.4 is 5.32 Å². The third kappa shape index (κ3) is 8.21. The van der Waals surface area contributed by atoms with Gasteiger partial charge in [0.05, 0.1) is 38.5 Å². The molecule has 1 heterocycles. The van der Waals surface area contributed by atoms with Gasteiger partial charge in [-0.2, -0.15) is 0 Å². The number of ether oxygens (including phenoxy) is 4. The summed E-state index contributed by atoms with van der Waals surface area (Å²) in [5.41, 5.74) is 0.462. The molecule has 180 valence electrons. The molecule has 0 radical (unpaired) electrons. The van der Waals surface area contributed by atoms with E-state index in [4.69, 9.17) is 18.9 Å². The van der Waals surface area contributed by atoms with Crippen molar-refractivity contribution in [3.63, 3.8) is 0 Å². The van der Waals surface area contributed by atoms with Crippen LogP contribution in [0.25, 0.3) is 0 Å². The number of rotatable bonds is 13. The summed E-state index contributed by atoms with van der Waals surface area (Å²) in [5, 5.41) is 2.86. The third-order valence-electron chi connectivity index (χ3n) is 4.30. The summed E-state index contributed by atoms with van der Waals surface area (Å²) in [6.45, 7) is 9.16. The molecule has 11 heteroatoms. The summed E-state index contributed by atoms with van der Waals surface area (Å²) in [4.78, 5) is 51.3. The Bertz CT molecular complexity index is 806. The lowest BCUT2D eigenvalue weighted by Gasteiger charge is -2.24. The van der Waals surface area contributed by atoms with E-state index in [0.717, 1.165) is 11.3 Å². The van der Waals surface area contributed by atoms with Crippen LogP contribution >= 0.6 is 11.3 Å². The molecule has 0 aliphatic rings. The Morgan fingerprint density at radius 3 is 2.19 bits per heavy atom. The first-order valence-electron chi connectivity index (χ1n) is 10.3. The molecule has 0 atom stereocenters. The second-order valence-electron chi connectivity index (χ2n) is 6.96. The van der Waals surface area contributed by atoms with Crippen molar-refractivity contribution in [3.8, 4) is 0 Å². The fourth-order valence-corrected chi connectivity index (χ4v) is 3.78. The summed E-state index contributed by atoms with van der Waals surface area (Å²) in [6, 6.07) is -0.105. The molecule has 0 fully saturated rings. The van der Waals surface area contributed by atoms with Gasteiger partial charge in [-0.15, -0.1) is 11.3 Å². The first-order chi connectivity index (χ1) is 15.2. The van der Waals surface area contributed by atoms with Gasteiger partial charge >= 0.3 is 17.9 Å². The molecule has 0 bridgehead atoms. The normalized spacial score (nSPS) is 10.9. The minimum Gasteiger partial charge on any atom is -0.465 e. The average Bonchev–Trinajstić information content (AvgIpc) is 3.03. The maximum absolute atomic E-state index is 12.7.